The Morgan fingerprint density at radius 3 is 2.71 bits per heavy atom. The van der Waals surface area contributed by atoms with Gasteiger partial charge in [-0.15, -0.1) is 11.3 Å². The first-order chi connectivity index (χ1) is 11.5. The van der Waals surface area contributed by atoms with E-state index in [1.165, 1.54) is 18.3 Å². The lowest BCUT2D eigenvalue weighted by Crippen LogP contribution is -2.05. The van der Waals surface area contributed by atoms with E-state index in [4.69, 9.17) is 0 Å². The third kappa shape index (κ3) is 3.75. The highest BCUT2D eigenvalue weighted by Gasteiger charge is 2.11. The summed E-state index contributed by atoms with van der Waals surface area (Å²) in [6.45, 7) is 1.43. The molecule has 3 rings (SSSR count). The van der Waals surface area contributed by atoms with Crippen LogP contribution in [0.25, 0.3) is 11.3 Å². The summed E-state index contributed by atoms with van der Waals surface area (Å²) in [4.78, 5) is 15.4. The van der Waals surface area contributed by atoms with Gasteiger partial charge in [0.15, 0.2) is 5.13 Å². The molecule has 0 aliphatic heterocycles. The SMILES string of the molecule is CC(=O)Nc1cccc(Nc2nc(-c3cc(F)ccc3F)cs2)c1. The van der Waals surface area contributed by atoms with Crippen molar-refractivity contribution in [2.45, 2.75) is 6.92 Å². The molecule has 1 aromatic heterocycles. The van der Waals surface area contributed by atoms with Crippen molar-refractivity contribution in [3.63, 3.8) is 0 Å². The fourth-order valence-electron chi connectivity index (χ4n) is 2.15. The van der Waals surface area contributed by atoms with Crippen LogP contribution in [-0.4, -0.2) is 10.9 Å². The normalized spacial score (nSPS) is 10.5. The molecule has 0 unspecified atom stereocenters. The standard InChI is InChI=1S/C17H13F2N3OS/c1-10(23)20-12-3-2-4-13(8-12)21-17-22-16(9-24-17)14-7-11(18)5-6-15(14)19/h2-9H,1H3,(H,20,23)(H,21,22). The van der Waals surface area contributed by atoms with E-state index in [0.717, 1.165) is 23.9 Å². The first-order valence-corrected chi connectivity index (χ1v) is 7.95. The molecule has 0 radical (unpaired) electrons. The van der Waals surface area contributed by atoms with Gasteiger partial charge in [-0.25, -0.2) is 13.8 Å². The van der Waals surface area contributed by atoms with Crippen LogP contribution < -0.4 is 10.6 Å². The van der Waals surface area contributed by atoms with Gasteiger partial charge in [-0.2, -0.15) is 0 Å². The molecule has 122 valence electrons. The van der Waals surface area contributed by atoms with Crippen molar-refractivity contribution in [1.82, 2.24) is 4.98 Å². The summed E-state index contributed by atoms with van der Waals surface area (Å²) in [6.07, 6.45) is 0. The molecule has 1 amide bonds. The van der Waals surface area contributed by atoms with Crippen LogP contribution >= 0.6 is 11.3 Å². The molecule has 0 spiro atoms. The van der Waals surface area contributed by atoms with Gasteiger partial charge in [-0.05, 0) is 36.4 Å². The van der Waals surface area contributed by atoms with E-state index in [2.05, 4.69) is 15.6 Å². The Hall–Kier alpha value is -2.80. The lowest BCUT2D eigenvalue weighted by Gasteiger charge is -2.06. The van der Waals surface area contributed by atoms with Gasteiger partial charge < -0.3 is 10.6 Å². The van der Waals surface area contributed by atoms with Crippen LogP contribution in [0.1, 0.15) is 6.92 Å². The summed E-state index contributed by atoms with van der Waals surface area (Å²) < 4.78 is 27.1. The Balaban J connectivity index is 1.81. The summed E-state index contributed by atoms with van der Waals surface area (Å²) >= 11 is 1.27. The minimum atomic E-state index is -0.527. The number of nitrogens with one attached hydrogen (secondary N) is 2. The second-order valence-corrected chi connectivity index (χ2v) is 5.91. The lowest BCUT2D eigenvalue weighted by atomic mass is 10.1. The highest BCUT2D eigenvalue weighted by Crippen LogP contribution is 2.29. The Bertz CT molecular complexity index is 895. The van der Waals surface area contributed by atoms with Crippen molar-refractivity contribution in [3.05, 3.63) is 59.5 Å². The molecule has 4 nitrogen and oxygen atoms in total. The number of amides is 1. The molecular weight excluding hydrogens is 332 g/mol. The van der Waals surface area contributed by atoms with Crippen LogP contribution in [0.3, 0.4) is 0 Å². The molecule has 0 saturated carbocycles. The van der Waals surface area contributed by atoms with Gasteiger partial charge >= 0.3 is 0 Å². The molecule has 0 atom stereocenters. The van der Waals surface area contributed by atoms with Crippen LogP contribution in [0.2, 0.25) is 0 Å². The maximum atomic E-state index is 13.8. The van der Waals surface area contributed by atoms with Gasteiger partial charge in [0.1, 0.15) is 11.6 Å². The summed E-state index contributed by atoms with van der Waals surface area (Å²) in [7, 11) is 0. The number of anilines is 3. The third-order valence-corrected chi connectivity index (χ3v) is 3.90. The number of carbonyl (C=O) groups is 1. The van der Waals surface area contributed by atoms with E-state index in [9.17, 15) is 13.6 Å². The molecule has 2 aromatic carbocycles. The largest absolute Gasteiger partial charge is 0.331 e. The minimum Gasteiger partial charge on any atom is -0.331 e. The van der Waals surface area contributed by atoms with Gasteiger partial charge in [0.05, 0.1) is 5.69 Å². The smallest absolute Gasteiger partial charge is 0.221 e. The minimum absolute atomic E-state index is 0.117. The second kappa shape index (κ2) is 6.76. The number of thiazole rings is 1. The van der Waals surface area contributed by atoms with Crippen molar-refractivity contribution < 1.29 is 13.6 Å². The highest BCUT2D eigenvalue weighted by atomic mass is 32.1. The van der Waals surface area contributed by atoms with E-state index in [1.807, 2.05) is 6.07 Å². The number of hydrogen-bond donors (Lipinski definition) is 2. The van der Waals surface area contributed by atoms with Crippen LogP contribution in [0.15, 0.2) is 47.8 Å². The van der Waals surface area contributed by atoms with Crippen LogP contribution in [-0.2, 0) is 4.79 Å². The first kappa shape index (κ1) is 16.1. The number of hydrogen-bond acceptors (Lipinski definition) is 4. The van der Waals surface area contributed by atoms with Crippen molar-refractivity contribution in [1.29, 1.82) is 0 Å². The second-order valence-electron chi connectivity index (χ2n) is 5.05. The average molecular weight is 345 g/mol. The van der Waals surface area contributed by atoms with Gasteiger partial charge in [-0.1, -0.05) is 6.07 Å². The molecular formula is C17H13F2N3OS. The Labute approximate surface area is 141 Å². The quantitative estimate of drug-likeness (QED) is 0.715. The first-order valence-electron chi connectivity index (χ1n) is 7.07. The summed E-state index contributed by atoms with van der Waals surface area (Å²) in [5, 5.41) is 7.96. The topological polar surface area (TPSA) is 54.0 Å². The molecule has 3 aromatic rings. The Morgan fingerprint density at radius 2 is 1.92 bits per heavy atom. The molecule has 0 aliphatic carbocycles. The van der Waals surface area contributed by atoms with E-state index in [1.54, 1.807) is 23.6 Å². The summed E-state index contributed by atoms with van der Waals surface area (Å²) in [5.74, 6) is -1.21. The van der Waals surface area contributed by atoms with Crippen molar-refractivity contribution in [3.8, 4) is 11.3 Å². The third-order valence-electron chi connectivity index (χ3n) is 3.14. The van der Waals surface area contributed by atoms with E-state index >= 15 is 0 Å². The molecule has 0 saturated heterocycles. The van der Waals surface area contributed by atoms with Gasteiger partial charge in [0, 0.05) is 29.2 Å². The molecule has 1 heterocycles. The number of carbonyl (C=O) groups excluding carboxylic acids is 1. The molecule has 0 fully saturated rings. The van der Waals surface area contributed by atoms with Crippen LogP contribution in [0.4, 0.5) is 25.3 Å². The predicted molar refractivity (Wildman–Crippen MR) is 91.5 cm³/mol. The number of benzene rings is 2. The van der Waals surface area contributed by atoms with Crippen molar-refractivity contribution in [2.24, 2.45) is 0 Å². The number of rotatable bonds is 4. The highest BCUT2D eigenvalue weighted by molar-refractivity contribution is 7.14. The zero-order valence-corrected chi connectivity index (χ0v) is 13.5. The zero-order valence-electron chi connectivity index (χ0n) is 12.6. The van der Waals surface area contributed by atoms with Gasteiger partial charge in [0.2, 0.25) is 5.91 Å². The van der Waals surface area contributed by atoms with E-state index < -0.39 is 11.6 Å². The maximum Gasteiger partial charge on any atom is 0.221 e. The molecule has 2 N–H and O–H groups in total. The number of halogens is 2. The average Bonchev–Trinajstić information content (AvgIpc) is 2.97. The van der Waals surface area contributed by atoms with Crippen LogP contribution in [0.5, 0.6) is 0 Å². The summed E-state index contributed by atoms with van der Waals surface area (Å²) in [5.41, 5.74) is 1.85. The van der Waals surface area contributed by atoms with Crippen LogP contribution in [0, 0.1) is 11.6 Å². The molecule has 0 aliphatic rings. The van der Waals surface area contributed by atoms with Gasteiger partial charge in [-0.3, -0.25) is 4.79 Å². The number of aromatic nitrogens is 1. The Kier molecular flexibility index (Phi) is 4.52. The lowest BCUT2D eigenvalue weighted by molar-refractivity contribution is -0.114. The monoisotopic (exact) mass is 345 g/mol. The van der Waals surface area contributed by atoms with E-state index in [-0.39, 0.29) is 11.5 Å². The molecule has 24 heavy (non-hydrogen) atoms. The fraction of sp³-hybridized carbons (Fsp3) is 0.0588. The summed E-state index contributed by atoms with van der Waals surface area (Å²) in [6, 6.07) is 10.4. The number of nitrogens with zero attached hydrogens (tertiary/aromatic N) is 1. The maximum absolute atomic E-state index is 13.8. The zero-order chi connectivity index (χ0) is 17.1. The molecule has 0 bridgehead atoms. The van der Waals surface area contributed by atoms with Crippen molar-refractivity contribution in [2.75, 3.05) is 10.6 Å². The van der Waals surface area contributed by atoms with Crippen molar-refractivity contribution >= 4 is 33.8 Å². The predicted octanol–water partition coefficient (Wildman–Crippen LogP) is 4.79. The Morgan fingerprint density at radius 1 is 1.12 bits per heavy atom. The van der Waals surface area contributed by atoms with E-state index in [0.29, 0.717) is 16.5 Å². The van der Waals surface area contributed by atoms with Gasteiger partial charge in [0.25, 0.3) is 0 Å². The molecule has 7 heteroatoms. The fourth-order valence-corrected chi connectivity index (χ4v) is 2.88.